The van der Waals surface area contributed by atoms with E-state index in [1.165, 1.54) is 0 Å². The van der Waals surface area contributed by atoms with E-state index < -0.39 is 6.10 Å². The lowest BCUT2D eigenvalue weighted by Crippen LogP contribution is -2.54. The molecule has 4 rings (SSSR count). The number of aromatic nitrogens is 2. The molecule has 8 heteroatoms. The van der Waals surface area contributed by atoms with E-state index in [1.54, 1.807) is 6.33 Å². The minimum Gasteiger partial charge on any atom is -0.387 e. The van der Waals surface area contributed by atoms with Crippen molar-refractivity contribution in [1.82, 2.24) is 19.8 Å². The Morgan fingerprint density at radius 2 is 1.87 bits per heavy atom. The average molecular weight is 444 g/mol. The van der Waals surface area contributed by atoms with Gasteiger partial charge in [-0.25, -0.2) is 9.97 Å². The second kappa shape index (κ2) is 9.10. The maximum absolute atomic E-state index is 13.3. The van der Waals surface area contributed by atoms with Gasteiger partial charge in [-0.2, -0.15) is 0 Å². The van der Waals surface area contributed by atoms with E-state index in [0.717, 1.165) is 35.7 Å². The van der Waals surface area contributed by atoms with Crippen LogP contribution in [0.1, 0.15) is 42.2 Å². The molecular formula is C23H30ClN5O2. The number of anilines is 1. The van der Waals surface area contributed by atoms with Crippen molar-refractivity contribution in [3.63, 3.8) is 0 Å². The number of nitrogens with zero attached hydrogens (tertiary/aromatic N) is 5. The molecule has 1 aliphatic carbocycles. The Labute approximate surface area is 188 Å². The van der Waals surface area contributed by atoms with Gasteiger partial charge >= 0.3 is 0 Å². The second-order valence-corrected chi connectivity index (χ2v) is 9.21. The van der Waals surface area contributed by atoms with Crippen LogP contribution in [-0.4, -0.2) is 77.1 Å². The molecule has 31 heavy (non-hydrogen) atoms. The molecule has 2 aliphatic rings. The van der Waals surface area contributed by atoms with Gasteiger partial charge in [0.25, 0.3) is 0 Å². The van der Waals surface area contributed by atoms with E-state index >= 15 is 0 Å². The predicted octanol–water partition coefficient (Wildman–Crippen LogP) is 2.49. The van der Waals surface area contributed by atoms with Gasteiger partial charge in [0, 0.05) is 36.8 Å². The Hall–Kier alpha value is -2.22. The smallest absolute Gasteiger partial charge is 0.240 e. The second-order valence-electron chi connectivity index (χ2n) is 8.77. The number of piperazine rings is 1. The molecule has 0 spiro atoms. The van der Waals surface area contributed by atoms with Crippen molar-refractivity contribution in [2.24, 2.45) is 0 Å². The number of hydrogen-bond donors (Lipinski definition) is 1. The Bertz CT molecular complexity index is 928. The lowest BCUT2D eigenvalue weighted by Gasteiger charge is -2.38. The lowest BCUT2D eigenvalue weighted by atomic mass is 10.0. The summed E-state index contributed by atoms with van der Waals surface area (Å²) in [7, 11) is 3.90. The van der Waals surface area contributed by atoms with E-state index in [1.807, 2.05) is 48.2 Å². The molecule has 0 radical (unpaired) electrons. The molecule has 3 atom stereocenters. The molecule has 1 amide bonds. The highest BCUT2D eigenvalue weighted by Gasteiger charge is 2.35. The van der Waals surface area contributed by atoms with Gasteiger partial charge in [0.2, 0.25) is 5.91 Å². The van der Waals surface area contributed by atoms with Gasteiger partial charge in [0.05, 0.1) is 17.8 Å². The van der Waals surface area contributed by atoms with Crippen LogP contribution < -0.4 is 4.90 Å². The third-order valence-electron chi connectivity index (χ3n) is 6.42. The Kier molecular flexibility index (Phi) is 6.46. The van der Waals surface area contributed by atoms with Crippen LogP contribution in [0.4, 0.5) is 5.82 Å². The molecule has 0 unspecified atom stereocenters. The summed E-state index contributed by atoms with van der Waals surface area (Å²) in [6, 6.07) is 7.48. The average Bonchev–Trinajstić information content (AvgIpc) is 3.06. The van der Waals surface area contributed by atoms with E-state index in [4.69, 9.17) is 11.6 Å². The van der Waals surface area contributed by atoms with E-state index in [2.05, 4.69) is 21.8 Å². The molecule has 1 saturated heterocycles. The fourth-order valence-corrected chi connectivity index (χ4v) is 4.76. The first kappa shape index (κ1) is 22.0. The minimum absolute atomic E-state index is 0.149. The normalized spacial score (nSPS) is 22.0. The number of rotatable bonds is 5. The van der Waals surface area contributed by atoms with Crippen LogP contribution in [-0.2, 0) is 11.2 Å². The molecule has 1 aromatic carbocycles. The lowest BCUT2D eigenvalue weighted by molar-refractivity contribution is -0.136. The van der Waals surface area contributed by atoms with Gasteiger partial charge in [-0.05, 0) is 50.6 Å². The number of fused-ring (bicyclic) bond motifs is 1. The number of halogens is 1. The van der Waals surface area contributed by atoms with Crippen molar-refractivity contribution in [2.45, 2.75) is 37.8 Å². The third kappa shape index (κ3) is 4.54. The van der Waals surface area contributed by atoms with Crippen molar-refractivity contribution >= 4 is 23.3 Å². The largest absolute Gasteiger partial charge is 0.387 e. The zero-order valence-electron chi connectivity index (χ0n) is 18.3. The van der Waals surface area contributed by atoms with Crippen LogP contribution in [0, 0.1) is 0 Å². The van der Waals surface area contributed by atoms with Crippen molar-refractivity contribution in [3.8, 4) is 0 Å². The van der Waals surface area contributed by atoms with Crippen LogP contribution in [0.3, 0.4) is 0 Å². The highest BCUT2D eigenvalue weighted by atomic mass is 35.5. The molecule has 7 nitrogen and oxygen atoms in total. The highest BCUT2D eigenvalue weighted by Crippen LogP contribution is 2.42. The van der Waals surface area contributed by atoms with Crippen LogP contribution in [0.5, 0.6) is 0 Å². The van der Waals surface area contributed by atoms with E-state index in [0.29, 0.717) is 31.0 Å². The van der Waals surface area contributed by atoms with Crippen LogP contribution in [0.2, 0.25) is 5.02 Å². The first-order valence-corrected chi connectivity index (χ1v) is 11.2. The molecule has 1 fully saturated rings. The van der Waals surface area contributed by atoms with Gasteiger partial charge in [0.15, 0.2) is 0 Å². The van der Waals surface area contributed by atoms with Crippen molar-refractivity contribution in [2.75, 3.05) is 45.2 Å². The third-order valence-corrected chi connectivity index (χ3v) is 6.67. The Morgan fingerprint density at radius 3 is 2.52 bits per heavy atom. The number of aliphatic hydroxyl groups excluding tert-OH is 1. The summed E-state index contributed by atoms with van der Waals surface area (Å²) in [6.07, 6.45) is 2.37. The maximum atomic E-state index is 13.3. The Morgan fingerprint density at radius 1 is 1.19 bits per heavy atom. The van der Waals surface area contributed by atoms with Crippen molar-refractivity contribution < 1.29 is 9.90 Å². The molecule has 1 aliphatic heterocycles. The van der Waals surface area contributed by atoms with Gasteiger partial charge < -0.3 is 14.9 Å². The molecule has 0 saturated carbocycles. The maximum Gasteiger partial charge on any atom is 0.240 e. The summed E-state index contributed by atoms with van der Waals surface area (Å²) in [6.45, 7) is 4.86. The zero-order chi connectivity index (χ0) is 22.1. The van der Waals surface area contributed by atoms with Crippen LogP contribution >= 0.6 is 11.6 Å². The summed E-state index contributed by atoms with van der Waals surface area (Å²) in [5.41, 5.74) is 2.91. The van der Waals surface area contributed by atoms with Gasteiger partial charge in [-0.3, -0.25) is 9.69 Å². The zero-order valence-corrected chi connectivity index (χ0v) is 19.1. The predicted molar refractivity (Wildman–Crippen MR) is 121 cm³/mol. The first-order chi connectivity index (χ1) is 14.8. The first-order valence-electron chi connectivity index (χ1n) is 10.8. The summed E-state index contributed by atoms with van der Waals surface area (Å²) in [4.78, 5) is 28.3. The number of benzene rings is 1. The number of amides is 1. The van der Waals surface area contributed by atoms with Crippen molar-refractivity contribution in [1.29, 1.82) is 0 Å². The summed E-state index contributed by atoms with van der Waals surface area (Å²) in [5, 5.41) is 11.0. The molecule has 166 valence electrons. The number of aliphatic hydroxyl groups is 1. The number of hydrogen-bond acceptors (Lipinski definition) is 6. The monoisotopic (exact) mass is 443 g/mol. The van der Waals surface area contributed by atoms with Crippen LogP contribution in [0.15, 0.2) is 30.6 Å². The topological polar surface area (TPSA) is 72.8 Å². The number of carbonyl (C=O) groups is 1. The minimum atomic E-state index is -0.511. The van der Waals surface area contributed by atoms with E-state index in [9.17, 15) is 9.90 Å². The molecule has 2 aromatic rings. The standard InChI is InChI=1S/C23H30ClN5O2/c1-15-12-19(30)21-20(15)22(26-14-25-21)28-8-10-29(11-9-28)23(31)18(27(2)3)13-16-4-6-17(24)7-5-16/h4-7,14-15,18-19,30H,8-13H2,1-3H3/t15-,18-,19-/m1/s1. The molecule has 1 N–H and O–H groups in total. The summed E-state index contributed by atoms with van der Waals surface area (Å²) < 4.78 is 0. The van der Waals surface area contributed by atoms with Crippen molar-refractivity contribution in [3.05, 3.63) is 52.4 Å². The van der Waals surface area contributed by atoms with E-state index in [-0.39, 0.29) is 17.9 Å². The summed E-state index contributed by atoms with van der Waals surface area (Å²) >= 11 is 6.00. The number of carbonyl (C=O) groups excluding carboxylic acids is 1. The quantitative estimate of drug-likeness (QED) is 0.765. The van der Waals surface area contributed by atoms with Gasteiger partial charge in [-0.15, -0.1) is 0 Å². The van der Waals surface area contributed by atoms with Crippen LogP contribution in [0.25, 0.3) is 0 Å². The molecule has 0 bridgehead atoms. The molecule has 1 aromatic heterocycles. The molecule has 2 heterocycles. The fourth-order valence-electron chi connectivity index (χ4n) is 4.64. The Balaban J connectivity index is 1.43. The van der Waals surface area contributed by atoms with Gasteiger partial charge in [-0.1, -0.05) is 30.7 Å². The molecular weight excluding hydrogens is 414 g/mol. The SMILES string of the molecule is C[C@@H]1C[C@@H](O)c2ncnc(N3CCN(C(=O)[C@@H](Cc4ccc(Cl)cc4)N(C)C)CC3)c21. The summed E-state index contributed by atoms with van der Waals surface area (Å²) in [5.74, 6) is 1.29. The fraction of sp³-hybridized carbons (Fsp3) is 0.522. The highest BCUT2D eigenvalue weighted by molar-refractivity contribution is 6.30. The van der Waals surface area contributed by atoms with Gasteiger partial charge in [0.1, 0.15) is 12.1 Å². The number of likely N-dealkylation sites (N-methyl/N-ethyl adjacent to an activating group) is 1.